The molecule has 0 aliphatic heterocycles. The van der Waals surface area contributed by atoms with Crippen LogP contribution in [0, 0.1) is 5.41 Å². The van der Waals surface area contributed by atoms with E-state index in [2.05, 4.69) is 15.9 Å². The highest BCUT2D eigenvalue weighted by atomic mass is 79.9. The molecule has 0 aliphatic rings. The molecule has 0 bridgehead atoms. The summed E-state index contributed by atoms with van der Waals surface area (Å²) in [7, 11) is -2.08. The highest BCUT2D eigenvalue weighted by Gasteiger charge is 2.28. The van der Waals surface area contributed by atoms with Crippen molar-refractivity contribution in [2.24, 2.45) is 5.41 Å². The predicted molar refractivity (Wildman–Crippen MR) is 82.8 cm³/mol. The zero-order valence-electron chi connectivity index (χ0n) is 11.4. The van der Waals surface area contributed by atoms with Crippen LogP contribution in [0.5, 0.6) is 0 Å². The minimum Gasteiger partial charge on any atom is -0.398 e. The molecule has 1 aromatic rings. The molecule has 0 aliphatic carbocycles. The summed E-state index contributed by atoms with van der Waals surface area (Å²) in [5, 5.41) is 0.295. The summed E-state index contributed by atoms with van der Waals surface area (Å²) in [6.45, 7) is 6.31. The van der Waals surface area contributed by atoms with Crippen LogP contribution in [0.1, 0.15) is 20.8 Å². The Morgan fingerprint density at radius 3 is 2.37 bits per heavy atom. The molecule has 0 heterocycles. The van der Waals surface area contributed by atoms with Crippen molar-refractivity contribution in [2.45, 2.75) is 25.7 Å². The van der Waals surface area contributed by atoms with Crippen molar-refractivity contribution in [2.75, 3.05) is 19.3 Å². The second-order valence-electron chi connectivity index (χ2n) is 5.63. The van der Waals surface area contributed by atoms with E-state index in [1.165, 1.54) is 16.4 Å². The third kappa shape index (κ3) is 4.08. The molecule has 0 amide bonds. The lowest BCUT2D eigenvalue weighted by Gasteiger charge is -2.26. The fraction of sp³-hybridized carbons (Fsp3) is 0.500. The second-order valence-corrected chi connectivity index (χ2v) is 8.87. The second kappa shape index (κ2) is 5.60. The number of halogens is 2. The smallest absolute Gasteiger partial charge is 0.244 e. The van der Waals surface area contributed by atoms with Gasteiger partial charge in [0.05, 0.1) is 9.37 Å². The standard InChI is InChI=1S/C12H18BrClN2O2S/c1-12(2,3)7-16(4)19(17,18)10-6-8(14)5-9(15)11(10)13/h5-6H,7,15H2,1-4H3. The van der Waals surface area contributed by atoms with E-state index in [0.29, 0.717) is 21.7 Å². The van der Waals surface area contributed by atoms with E-state index in [1.807, 2.05) is 20.8 Å². The summed E-state index contributed by atoms with van der Waals surface area (Å²) < 4.78 is 26.7. The normalized spacial score (nSPS) is 13.0. The third-order valence-corrected chi connectivity index (χ3v) is 5.61. The molecule has 7 heteroatoms. The number of nitrogens with zero attached hydrogens (tertiary/aromatic N) is 1. The molecule has 0 spiro atoms. The van der Waals surface area contributed by atoms with Crippen LogP contribution in [0.15, 0.2) is 21.5 Å². The van der Waals surface area contributed by atoms with Crippen molar-refractivity contribution < 1.29 is 8.42 Å². The molecular formula is C12H18BrClN2O2S. The molecule has 0 saturated carbocycles. The minimum atomic E-state index is -3.63. The number of nitrogen functional groups attached to an aromatic ring is 1. The number of anilines is 1. The molecule has 0 fully saturated rings. The number of hydrogen-bond donors (Lipinski definition) is 1. The van der Waals surface area contributed by atoms with Crippen LogP contribution in [0.3, 0.4) is 0 Å². The number of benzene rings is 1. The van der Waals surface area contributed by atoms with Gasteiger partial charge in [-0.1, -0.05) is 32.4 Å². The summed E-state index contributed by atoms with van der Waals surface area (Å²) in [4.78, 5) is 0.0873. The first-order valence-electron chi connectivity index (χ1n) is 5.66. The van der Waals surface area contributed by atoms with Gasteiger partial charge in [0.25, 0.3) is 0 Å². The highest BCUT2D eigenvalue weighted by Crippen LogP contribution is 2.33. The molecule has 108 valence electrons. The topological polar surface area (TPSA) is 63.4 Å². The van der Waals surface area contributed by atoms with Crippen molar-refractivity contribution in [3.05, 3.63) is 21.6 Å². The quantitative estimate of drug-likeness (QED) is 0.831. The predicted octanol–water partition coefficient (Wildman–Crippen LogP) is 3.35. The maximum Gasteiger partial charge on any atom is 0.244 e. The monoisotopic (exact) mass is 368 g/mol. The average molecular weight is 370 g/mol. The first-order chi connectivity index (χ1) is 8.45. The molecule has 19 heavy (non-hydrogen) atoms. The largest absolute Gasteiger partial charge is 0.398 e. The number of nitrogens with two attached hydrogens (primary N) is 1. The molecule has 4 nitrogen and oxygen atoms in total. The van der Waals surface area contributed by atoms with Crippen LogP contribution < -0.4 is 5.73 Å². The van der Waals surface area contributed by atoms with E-state index in [9.17, 15) is 8.42 Å². The van der Waals surface area contributed by atoms with Crippen LogP contribution in [-0.4, -0.2) is 26.3 Å². The Bertz CT molecular complexity index is 582. The van der Waals surface area contributed by atoms with Crippen LogP contribution in [0.4, 0.5) is 5.69 Å². The fourth-order valence-corrected chi connectivity index (χ4v) is 4.34. The van der Waals surface area contributed by atoms with Crippen LogP contribution >= 0.6 is 27.5 Å². The van der Waals surface area contributed by atoms with E-state index in [1.54, 1.807) is 7.05 Å². The maximum atomic E-state index is 12.5. The summed E-state index contributed by atoms with van der Waals surface area (Å²) in [5.41, 5.74) is 5.89. The highest BCUT2D eigenvalue weighted by molar-refractivity contribution is 9.10. The molecule has 0 atom stereocenters. The summed E-state index contributed by atoms with van der Waals surface area (Å²) in [6, 6.07) is 2.91. The third-order valence-electron chi connectivity index (χ3n) is 2.42. The Kier molecular flexibility index (Phi) is 4.93. The molecule has 0 saturated heterocycles. The minimum absolute atomic E-state index is 0.0873. The zero-order chi connectivity index (χ0) is 15.0. The lowest BCUT2D eigenvalue weighted by atomic mass is 9.97. The lowest BCUT2D eigenvalue weighted by molar-refractivity contribution is 0.310. The van der Waals surface area contributed by atoms with Gasteiger partial charge in [-0.15, -0.1) is 0 Å². The van der Waals surface area contributed by atoms with E-state index < -0.39 is 10.0 Å². The van der Waals surface area contributed by atoms with Gasteiger partial charge in [-0.25, -0.2) is 12.7 Å². The number of rotatable bonds is 3. The molecule has 0 unspecified atom stereocenters. The van der Waals surface area contributed by atoms with Gasteiger partial charge < -0.3 is 5.73 Å². The van der Waals surface area contributed by atoms with Crippen LogP contribution in [-0.2, 0) is 10.0 Å². The molecule has 2 N–H and O–H groups in total. The van der Waals surface area contributed by atoms with Crippen molar-refractivity contribution in [1.82, 2.24) is 4.31 Å². The van der Waals surface area contributed by atoms with Gasteiger partial charge in [0.1, 0.15) is 0 Å². The molecule has 1 aromatic carbocycles. The van der Waals surface area contributed by atoms with Crippen molar-refractivity contribution >= 4 is 43.2 Å². The average Bonchev–Trinajstić information content (AvgIpc) is 2.20. The molecular weight excluding hydrogens is 352 g/mol. The Labute approximate surface area is 128 Å². The first kappa shape index (κ1) is 16.8. The van der Waals surface area contributed by atoms with Crippen molar-refractivity contribution in [3.8, 4) is 0 Å². The lowest BCUT2D eigenvalue weighted by Crippen LogP contribution is -2.34. The van der Waals surface area contributed by atoms with Gasteiger partial charge in [0.2, 0.25) is 10.0 Å². The van der Waals surface area contributed by atoms with E-state index in [4.69, 9.17) is 17.3 Å². The van der Waals surface area contributed by atoms with Crippen molar-refractivity contribution in [3.63, 3.8) is 0 Å². The summed E-state index contributed by atoms with van der Waals surface area (Å²) >= 11 is 9.09. The Morgan fingerprint density at radius 1 is 1.37 bits per heavy atom. The van der Waals surface area contributed by atoms with E-state index in [0.717, 1.165) is 0 Å². The van der Waals surface area contributed by atoms with Gasteiger partial charge >= 0.3 is 0 Å². The maximum absolute atomic E-state index is 12.5. The summed E-state index contributed by atoms with van der Waals surface area (Å²) in [6.07, 6.45) is 0. The molecule has 0 radical (unpaired) electrons. The molecule has 1 rings (SSSR count). The molecule has 0 aromatic heterocycles. The number of sulfonamides is 1. The Morgan fingerprint density at radius 2 is 1.89 bits per heavy atom. The first-order valence-corrected chi connectivity index (χ1v) is 8.27. The Hall–Kier alpha value is -0.300. The van der Waals surface area contributed by atoms with Crippen LogP contribution in [0.2, 0.25) is 5.02 Å². The SMILES string of the molecule is CN(CC(C)(C)C)S(=O)(=O)c1cc(Cl)cc(N)c1Br. The van der Waals surface area contributed by atoms with E-state index in [-0.39, 0.29) is 10.3 Å². The Balaban J connectivity index is 3.28. The van der Waals surface area contributed by atoms with Gasteiger partial charge in [-0.2, -0.15) is 0 Å². The van der Waals surface area contributed by atoms with Gasteiger partial charge in [-0.05, 0) is 33.5 Å². The zero-order valence-corrected chi connectivity index (χ0v) is 14.5. The van der Waals surface area contributed by atoms with Crippen molar-refractivity contribution in [1.29, 1.82) is 0 Å². The van der Waals surface area contributed by atoms with Gasteiger partial charge in [0.15, 0.2) is 0 Å². The van der Waals surface area contributed by atoms with E-state index >= 15 is 0 Å². The van der Waals surface area contributed by atoms with Gasteiger partial charge in [0, 0.05) is 24.3 Å². The fourth-order valence-electron chi connectivity index (χ4n) is 1.69. The number of hydrogen-bond acceptors (Lipinski definition) is 3. The van der Waals surface area contributed by atoms with Crippen LogP contribution in [0.25, 0.3) is 0 Å². The summed E-state index contributed by atoms with van der Waals surface area (Å²) in [5.74, 6) is 0. The van der Waals surface area contributed by atoms with Gasteiger partial charge in [-0.3, -0.25) is 0 Å².